The summed E-state index contributed by atoms with van der Waals surface area (Å²) in [4.78, 5) is 106. The molecule has 0 aliphatic heterocycles. The zero-order valence-corrected chi connectivity index (χ0v) is 26.5. The Morgan fingerprint density at radius 3 is 1.52 bits per heavy atom. The van der Waals surface area contributed by atoms with E-state index < -0.39 is 110 Å². The number of aliphatic hydroxyl groups is 2. The van der Waals surface area contributed by atoms with Crippen LogP contribution in [0.2, 0.25) is 0 Å². The number of nitrogens with zero attached hydrogens (tertiary/aromatic N) is 1. The van der Waals surface area contributed by atoms with Gasteiger partial charge in [-0.2, -0.15) is 0 Å². The number of carboxylic acid groups (broad SMARTS) is 1. The number of amides is 7. The molecule has 0 saturated heterocycles. The maximum Gasteiger partial charge on any atom is 0.326 e. The average Bonchev–Trinajstić information content (AvgIpc) is 3.57. The van der Waals surface area contributed by atoms with Gasteiger partial charge in [0, 0.05) is 24.7 Å². The Morgan fingerprint density at radius 2 is 1.10 bits per heavy atom. The summed E-state index contributed by atoms with van der Waals surface area (Å²) in [5, 5.41) is 39.8. The van der Waals surface area contributed by atoms with Gasteiger partial charge in [-0.05, 0) is 5.56 Å². The maximum absolute atomic E-state index is 13.2. The lowest BCUT2D eigenvalue weighted by Crippen LogP contribution is -2.61. The average molecular weight is 705 g/mol. The zero-order chi connectivity index (χ0) is 37.4. The van der Waals surface area contributed by atoms with E-state index >= 15 is 0 Å². The number of carbonyl (C=O) groups excluding carboxylic acids is 7. The van der Waals surface area contributed by atoms with Crippen molar-refractivity contribution in [2.45, 2.75) is 61.9 Å². The number of aliphatic hydroxyl groups excluding tert-OH is 2. The summed E-state index contributed by atoms with van der Waals surface area (Å²) in [6.07, 6.45) is 0.946. The van der Waals surface area contributed by atoms with Crippen LogP contribution in [-0.4, -0.2) is 122 Å². The molecule has 1 aromatic carbocycles. The molecular weight excluding hydrogens is 664 g/mol. The molecule has 0 spiro atoms. The van der Waals surface area contributed by atoms with Gasteiger partial charge in [0.05, 0.1) is 38.4 Å². The fourth-order valence-corrected chi connectivity index (χ4v) is 4.35. The van der Waals surface area contributed by atoms with Crippen molar-refractivity contribution in [3.63, 3.8) is 0 Å². The molecule has 1 heterocycles. The SMILES string of the molecule is NC(=O)C[C@H](NC(=O)[C@H](CC(N)=O)NC(=O)[C@H](CO)NC(=O)[C@H](CO)NC(=O)[C@@H](N)Cc1cnc[nH]1)C(=O)N[C@@H](Cc1ccccc1)C(=O)O. The van der Waals surface area contributed by atoms with Gasteiger partial charge in [0.25, 0.3) is 0 Å². The highest BCUT2D eigenvalue weighted by Crippen LogP contribution is 2.06. The van der Waals surface area contributed by atoms with E-state index in [4.69, 9.17) is 17.2 Å². The number of carbonyl (C=O) groups is 8. The Kier molecular flexibility index (Phi) is 15.9. The van der Waals surface area contributed by atoms with Gasteiger partial charge >= 0.3 is 5.97 Å². The minimum atomic E-state index is -1.84. The third-order valence-electron chi connectivity index (χ3n) is 6.94. The van der Waals surface area contributed by atoms with Gasteiger partial charge in [0.15, 0.2) is 0 Å². The summed E-state index contributed by atoms with van der Waals surface area (Å²) in [6.45, 7) is -2.02. The predicted molar refractivity (Wildman–Crippen MR) is 169 cm³/mol. The second kappa shape index (κ2) is 19.8. The Bertz CT molecular complexity index is 1510. The van der Waals surface area contributed by atoms with E-state index in [1.165, 1.54) is 12.5 Å². The van der Waals surface area contributed by atoms with Crippen molar-refractivity contribution < 1.29 is 53.7 Å². The van der Waals surface area contributed by atoms with Crippen LogP contribution in [0, 0.1) is 0 Å². The highest BCUT2D eigenvalue weighted by atomic mass is 16.4. The number of hydrogen-bond acceptors (Lipinski definition) is 12. The summed E-state index contributed by atoms with van der Waals surface area (Å²) >= 11 is 0. The lowest BCUT2D eigenvalue weighted by molar-refractivity contribution is -0.142. The van der Waals surface area contributed by atoms with Gasteiger partial charge in [0.2, 0.25) is 41.4 Å². The number of aliphatic carboxylic acids is 1. The van der Waals surface area contributed by atoms with Crippen molar-refractivity contribution in [1.29, 1.82) is 0 Å². The Morgan fingerprint density at radius 1 is 0.660 bits per heavy atom. The second-order valence-corrected chi connectivity index (χ2v) is 10.9. The molecule has 50 heavy (non-hydrogen) atoms. The van der Waals surface area contributed by atoms with Gasteiger partial charge in [-0.15, -0.1) is 0 Å². The van der Waals surface area contributed by atoms with Gasteiger partial charge in [-0.1, -0.05) is 30.3 Å². The first-order valence-electron chi connectivity index (χ1n) is 14.9. The van der Waals surface area contributed by atoms with Crippen LogP contribution in [0.1, 0.15) is 24.1 Å². The van der Waals surface area contributed by atoms with Gasteiger partial charge in [-0.3, -0.25) is 33.6 Å². The summed E-state index contributed by atoms with van der Waals surface area (Å²) in [6, 6.07) is -1.49. The van der Waals surface area contributed by atoms with E-state index in [1.807, 2.05) is 0 Å². The van der Waals surface area contributed by atoms with Crippen LogP contribution in [0.3, 0.4) is 0 Å². The molecule has 0 saturated carbocycles. The van der Waals surface area contributed by atoms with E-state index in [1.54, 1.807) is 30.3 Å². The van der Waals surface area contributed by atoms with Gasteiger partial charge in [0.1, 0.15) is 30.2 Å². The Labute approximate surface area is 284 Å². The number of hydrogen-bond donors (Lipinski definition) is 12. The third-order valence-corrected chi connectivity index (χ3v) is 6.94. The van der Waals surface area contributed by atoms with E-state index in [9.17, 15) is 53.7 Å². The summed E-state index contributed by atoms with van der Waals surface area (Å²) in [5.74, 6) is -9.23. The molecule has 21 heteroatoms. The van der Waals surface area contributed by atoms with Crippen molar-refractivity contribution in [2.24, 2.45) is 17.2 Å². The normalized spacial score (nSPS) is 14.4. The molecule has 2 aromatic rings. The molecule has 0 unspecified atom stereocenters. The molecule has 1 aromatic heterocycles. The van der Waals surface area contributed by atoms with E-state index in [0.29, 0.717) is 11.3 Å². The maximum atomic E-state index is 13.2. The number of primary amides is 2. The molecule has 0 aliphatic carbocycles. The number of H-pyrrole nitrogens is 1. The van der Waals surface area contributed by atoms with E-state index in [-0.39, 0.29) is 12.8 Å². The van der Waals surface area contributed by atoms with E-state index in [2.05, 4.69) is 36.6 Å². The zero-order valence-electron chi connectivity index (χ0n) is 26.5. The Balaban J connectivity index is 2.12. The molecular formula is C29H40N10O11. The fourth-order valence-electron chi connectivity index (χ4n) is 4.35. The topological polar surface area (TPSA) is 364 Å². The lowest BCUT2D eigenvalue weighted by Gasteiger charge is -2.25. The molecule has 0 bridgehead atoms. The van der Waals surface area contributed by atoms with Crippen LogP contribution in [-0.2, 0) is 51.2 Å². The number of nitrogens with two attached hydrogens (primary N) is 3. The number of aromatic amines is 1. The monoisotopic (exact) mass is 704 g/mol. The predicted octanol–water partition coefficient (Wildman–Crippen LogP) is -6.23. The minimum Gasteiger partial charge on any atom is -0.480 e. The largest absolute Gasteiger partial charge is 0.480 e. The van der Waals surface area contributed by atoms with E-state index in [0.717, 1.165) is 0 Å². The van der Waals surface area contributed by atoms with Gasteiger partial charge < -0.3 is 64.1 Å². The number of aromatic nitrogens is 2. The van der Waals surface area contributed by atoms with Crippen molar-refractivity contribution in [2.75, 3.05) is 13.2 Å². The summed E-state index contributed by atoms with van der Waals surface area (Å²) < 4.78 is 0. The molecule has 272 valence electrons. The number of rotatable bonds is 21. The summed E-state index contributed by atoms with van der Waals surface area (Å²) in [7, 11) is 0. The highest BCUT2D eigenvalue weighted by Gasteiger charge is 2.34. The van der Waals surface area contributed by atoms with Crippen molar-refractivity contribution in [1.82, 2.24) is 36.6 Å². The van der Waals surface area contributed by atoms with Crippen LogP contribution in [0.5, 0.6) is 0 Å². The number of benzene rings is 1. The second-order valence-electron chi connectivity index (χ2n) is 10.9. The number of imidazole rings is 1. The van der Waals surface area contributed by atoms with Crippen LogP contribution in [0.15, 0.2) is 42.9 Å². The van der Waals surface area contributed by atoms with Crippen molar-refractivity contribution >= 4 is 47.3 Å². The number of carboxylic acids is 1. The highest BCUT2D eigenvalue weighted by molar-refractivity contribution is 5.98. The Hall–Kier alpha value is -5.93. The smallest absolute Gasteiger partial charge is 0.326 e. The first kappa shape index (κ1) is 40.2. The van der Waals surface area contributed by atoms with Crippen LogP contribution in [0.25, 0.3) is 0 Å². The first-order chi connectivity index (χ1) is 23.6. The fraction of sp³-hybridized carbons (Fsp3) is 0.414. The molecule has 6 atom stereocenters. The van der Waals surface area contributed by atoms with Gasteiger partial charge in [-0.25, -0.2) is 9.78 Å². The molecule has 7 amide bonds. The minimum absolute atomic E-state index is 0.00632. The molecule has 0 fully saturated rings. The van der Waals surface area contributed by atoms with Crippen LogP contribution < -0.4 is 43.8 Å². The van der Waals surface area contributed by atoms with Crippen molar-refractivity contribution in [3.8, 4) is 0 Å². The molecule has 0 radical (unpaired) electrons. The number of nitrogens with one attached hydrogen (secondary N) is 6. The summed E-state index contributed by atoms with van der Waals surface area (Å²) in [5.41, 5.74) is 17.3. The quantitative estimate of drug-likeness (QED) is 0.0576. The molecule has 15 N–H and O–H groups in total. The first-order valence-corrected chi connectivity index (χ1v) is 14.9. The third kappa shape index (κ3) is 13.3. The van der Waals surface area contributed by atoms with Crippen molar-refractivity contribution in [3.05, 3.63) is 54.1 Å². The standard InChI is InChI=1S/C29H40N10O11/c30-16(7-15-10-33-13-34-15)24(44)38-20(11-40)28(48)39-21(12-41)27(47)36-17(8-22(31)42)25(45)35-18(9-23(32)43)26(46)37-19(29(49)50)6-14-4-2-1-3-5-14/h1-5,10,13,16-21,40-41H,6-9,11-12,30H2,(H2,31,42)(H2,32,43)(H,33,34)(H,35,45)(H,36,47)(H,37,46)(H,38,44)(H,39,48)(H,49,50)/t16-,17-,18-,19-,20-,21-/m0/s1. The lowest BCUT2D eigenvalue weighted by atomic mass is 10.0. The molecule has 0 aliphatic rings. The van der Waals surface area contributed by atoms with Crippen LogP contribution in [0.4, 0.5) is 0 Å². The molecule has 21 nitrogen and oxygen atoms in total. The van der Waals surface area contributed by atoms with Crippen LogP contribution >= 0.6 is 0 Å². The molecule has 2 rings (SSSR count).